The van der Waals surface area contributed by atoms with Crippen LogP contribution in [0, 0.1) is 5.82 Å². The highest BCUT2D eigenvalue weighted by atomic mass is 32.2. The number of piperidine rings is 1. The molecule has 1 fully saturated rings. The molecule has 2 aromatic heterocycles. The first-order valence-electron chi connectivity index (χ1n) is 11.8. The minimum absolute atomic E-state index is 0.0871. The molecule has 178 valence electrons. The molecule has 2 atom stereocenters. The number of nitrogens with zero attached hydrogens (tertiary/aromatic N) is 4. The lowest BCUT2D eigenvalue weighted by molar-refractivity contribution is 0.246. The molecule has 0 spiro atoms. The smallest absolute Gasteiger partial charge is 0.244 e. The molecular formula is C26H29FN4O2S. The van der Waals surface area contributed by atoms with Gasteiger partial charge in [0.2, 0.25) is 10.0 Å². The second kappa shape index (κ2) is 9.00. The summed E-state index contributed by atoms with van der Waals surface area (Å²) in [5, 5.41) is 5.51. The van der Waals surface area contributed by atoms with Gasteiger partial charge in [-0.2, -0.15) is 9.40 Å². The summed E-state index contributed by atoms with van der Waals surface area (Å²) in [6.45, 7) is 5.39. The third-order valence-electron chi connectivity index (χ3n) is 6.76. The van der Waals surface area contributed by atoms with E-state index < -0.39 is 10.0 Å². The standard InChI is InChI=1S/C26H29FN4O2S/c1-3-12-29-13-11-25(18-29)34(32,33)30-14-10-21(15-19(30)2)20-4-9-26-22(16-20)17-28-31(26)24-7-5-23(27)6-8-24/h4-9,11,13,16-19,21H,3,10,12,14-15H2,1-2H3/t19-,21-/m1/s1. The first-order valence-corrected chi connectivity index (χ1v) is 13.2. The molecule has 0 saturated carbocycles. The zero-order chi connectivity index (χ0) is 23.9. The molecule has 5 rings (SSSR count). The van der Waals surface area contributed by atoms with Crippen LogP contribution in [0.3, 0.4) is 0 Å². The molecule has 8 heteroatoms. The summed E-state index contributed by atoms with van der Waals surface area (Å²) < 4.78 is 45.2. The Hall–Kier alpha value is -2.97. The summed E-state index contributed by atoms with van der Waals surface area (Å²) >= 11 is 0. The van der Waals surface area contributed by atoms with Crippen molar-refractivity contribution in [3.05, 3.63) is 78.5 Å². The molecule has 0 bridgehead atoms. The van der Waals surface area contributed by atoms with Crippen molar-refractivity contribution in [2.24, 2.45) is 0 Å². The predicted octanol–water partition coefficient (Wildman–Crippen LogP) is 5.33. The van der Waals surface area contributed by atoms with Crippen LogP contribution in [0.15, 0.2) is 72.0 Å². The minimum Gasteiger partial charge on any atom is -0.353 e. The lowest BCUT2D eigenvalue weighted by Gasteiger charge is -2.36. The Balaban J connectivity index is 1.34. The van der Waals surface area contributed by atoms with E-state index in [1.807, 2.05) is 30.0 Å². The van der Waals surface area contributed by atoms with E-state index in [0.717, 1.165) is 42.4 Å². The maximum Gasteiger partial charge on any atom is 0.244 e. The number of aromatic nitrogens is 3. The monoisotopic (exact) mass is 480 g/mol. The number of sulfonamides is 1. The second-order valence-corrected chi connectivity index (χ2v) is 11.0. The fraction of sp³-hybridized carbons (Fsp3) is 0.346. The van der Waals surface area contributed by atoms with Crippen LogP contribution in [-0.2, 0) is 16.6 Å². The third-order valence-corrected chi connectivity index (χ3v) is 8.76. The maximum absolute atomic E-state index is 13.3. The Morgan fingerprint density at radius 2 is 1.91 bits per heavy atom. The van der Waals surface area contributed by atoms with E-state index in [-0.39, 0.29) is 17.8 Å². The number of hydrogen-bond donors (Lipinski definition) is 0. The van der Waals surface area contributed by atoms with Crippen LogP contribution in [0.4, 0.5) is 4.39 Å². The van der Waals surface area contributed by atoms with Crippen LogP contribution in [0.2, 0.25) is 0 Å². The lowest BCUT2D eigenvalue weighted by Crippen LogP contribution is -2.43. The molecule has 4 aromatic rings. The highest BCUT2D eigenvalue weighted by Gasteiger charge is 2.35. The van der Waals surface area contributed by atoms with E-state index in [2.05, 4.69) is 24.2 Å². The number of benzene rings is 2. The summed E-state index contributed by atoms with van der Waals surface area (Å²) in [5.74, 6) is 0.00761. The van der Waals surface area contributed by atoms with Gasteiger partial charge in [-0.05, 0) is 80.1 Å². The normalized spacial score (nSPS) is 19.6. The van der Waals surface area contributed by atoms with Gasteiger partial charge in [-0.15, -0.1) is 0 Å². The average molecular weight is 481 g/mol. The fourth-order valence-corrected chi connectivity index (χ4v) is 6.69. The lowest BCUT2D eigenvalue weighted by atomic mass is 9.86. The van der Waals surface area contributed by atoms with E-state index in [1.165, 1.54) is 17.7 Å². The van der Waals surface area contributed by atoms with E-state index in [9.17, 15) is 12.8 Å². The van der Waals surface area contributed by atoms with Gasteiger partial charge in [0.25, 0.3) is 0 Å². The summed E-state index contributed by atoms with van der Waals surface area (Å²) in [4.78, 5) is 0.376. The van der Waals surface area contributed by atoms with Gasteiger partial charge in [-0.25, -0.2) is 17.5 Å². The largest absolute Gasteiger partial charge is 0.353 e. The first kappa shape index (κ1) is 22.8. The van der Waals surface area contributed by atoms with Crippen LogP contribution in [0.1, 0.15) is 44.6 Å². The predicted molar refractivity (Wildman–Crippen MR) is 131 cm³/mol. The van der Waals surface area contributed by atoms with Crippen LogP contribution >= 0.6 is 0 Å². The zero-order valence-electron chi connectivity index (χ0n) is 19.4. The molecule has 1 aliphatic heterocycles. The number of fused-ring (bicyclic) bond motifs is 1. The molecule has 0 N–H and O–H groups in total. The van der Waals surface area contributed by atoms with Crippen molar-refractivity contribution < 1.29 is 12.8 Å². The van der Waals surface area contributed by atoms with Crippen molar-refractivity contribution in [1.29, 1.82) is 0 Å². The molecule has 0 unspecified atom stereocenters. The van der Waals surface area contributed by atoms with Gasteiger partial charge >= 0.3 is 0 Å². The molecule has 3 heterocycles. The first-order chi connectivity index (χ1) is 16.4. The van der Waals surface area contributed by atoms with Crippen LogP contribution in [0.5, 0.6) is 0 Å². The Morgan fingerprint density at radius 1 is 1.12 bits per heavy atom. The number of aryl methyl sites for hydroxylation is 1. The molecule has 2 aromatic carbocycles. The highest BCUT2D eigenvalue weighted by molar-refractivity contribution is 7.89. The molecule has 1 saturated heterocycles. The van der Waals surface area contributed by atoms with Gasteiger partial charge < -0.3 is 4.57 Å². The third kappa shape index (κ3) is 4.16. The van der Waals surface area contributed by atoms with Crippen molar-refractivity contribution in [2.75, 3.05) is 6.54 Å². The highest BCUT2D eigenvalue weighted by Crippen LogP contribution is 2.36. The van der Waals surface area contributed by atoms with Crippen LogP contribution < -0.4 is 0 Å². The van der Waals surface area contributed by atoms with Crippen molar-refractivity contribution >= 4 is 20.9 Å². The summed E-state index contributed by atoms with van der Waals surface area (Å²) in [6.07, 6.45) is 7.91. The van der Waals surface area contributed by atoms with Crippen LogP contribution in [0.25, 0.3) is 16.6 Å². The Labute approximate surface area is 199 Å². The summed E-state index contributed by atoms with van der Waals surface area (Å²) in [7, 11) is -3.51. The van der Waals surface area contributed by atoms with E-state index in [4.69, 9.17) is 0 Å². The van der Waals surface area contributed by atoms with Crippen molar-refractivity contribution in [2.45, 2.75) is 56.5 Å². The zero-order valence-corrected chi connectivity index (χ0v) is 20.2. The SMILES string of the molecule is CCCn1ccc(S(=O)(=O)N2CC[C@@H](c3ccc4c(cnn4-c4ccc(F)cc4)c3)C[C@H]2C)c1. The maximum atomic E-state index is 13.3. The average Bonchev–Trinajstić information content (AvgIpc) is 3.47. The second-order valence-electron chi connectivity index (χ2n) is 9.12. The van der Waals surface area contributed by atoms with Gasteiger partial charge in [-0.3, -0.25) is 0 Å². The topological polar surface area (TPSA) is 60.1 Å². The fourth-order valence-electron chi connectivity index (χ4n) is 5.01. The molecule has 0 amide bonds. The quantitative estimate of drug-likeness (QED) is 0.375. The van der Waals surface area contributed by atoms with Crippen LogP contribution in [-0.4, -0.2) is 39.7 Å². The Bertz CT molecular complexity index is 1410. The molecule has 0 radical (unpaired) electrons. The van der Waals surface area contributed by atoms with E-state index >= 15 is 0 Å². The molecular weight excluding hydrogens is 451 g/mol. The van der Waals surface area contributed by atoms with Gasteiger partial charge in [0.15, 0.2) is 0 Å². The van der Waals surface area contributed by atoms with Crippen molar-refractivity contribution in [3.63, 3.8) is 0 Å². The minimum atomic E-state index is -3.51. The van der Waals surface area contributed by atoms with Gasteiger partial charge in [0, 0.05) is 36.9 Å². The number of halogens is 1. The van der Waals surface area contributed by atoms with Crippen molar-refractivity contribution in [3.8, 4) is 5.69 Å². The molecule has 0 aliphatic carbocycles. The van der Waals surface area contributed by atoms with E-state index in [1.54, 1.807) is 33.4 Å². The molecule has 34 heavy (non-hydrogen) atoms. The molecule has 6 nitrogen and oxygen atoms in total. The number of rotatable bonds is 6. The van der Waals surface area contributed by atoms with Gasteiger partial charge in [0.05, 0.1) is 22.3 Å². The van der Waals surface area contributed by atoms with Gasteiger partial charge in [-0.1, -0.05) is 13.0 Å². The molecule has 1 aliphatic rings. The van der Waals surface area contributed by atoms with Gasteiger partial charge in [0.1, 0.15) is 5.82 Å². The Kier molecular flexibility index (Phi) is 6.04. The summed E-state index contributed by atoms with van der Waals surface area (Å²) in [5.41, 5.74) is 2.97. The summed E-state index contributed by atoms with van der Waals surface area (Å²) in [6, 6.07) is 14.2. The number of hydrogen-bond acceptors (Lipinski definition) is 3. The van der Waals surface area contributed by atoms with Crippen molar-refractivity contribution in [1.82, 2.24) is 18.7 Å². The Morgan fingerprint density at radius 3 is 2.65 bits per heavy atom. The van der Waals surface area contributed by atoms with E-state index in [0.29, 0.717) is 11.4 Å².